The van der Waals surface area contributed by atoms with Crippen molar-refractivity contribution >= 4 is 5.97 Å². The molecule has 0 amide bonds. The van der Waals surface area contributed by atoms with Gasteiger partial charge in [0.2, 0.25) is 0 Å². The third-order valence-corrected chi connectivity index (χ3v) is 13.3. The minimum absolute atomic E-state index is 0.0168. The molecule has 0 aromatic heterocycles. The van der Waals surface area contributed by atoms with Gasteiger partial charge in [-0.1, -0.05) is 53.2 Å². The van der Waals surface area contributed by atoms with Crippen LogP contribution in [0.1, 0.15) is 113 Å². The average molecular weight is 457 g/mol. The van der Waals surface area contributed by atoms with E-state index in [1.54, 1.807) is 5.57 Å². The Bertz CT molecular complexity index is 889. The molecule has 5 aliphatic rings. The minimum Gasteiger partial charge on any atom is -0.481 e. The van der Waals surface area contributed by atoms with Crippen molar-refractivity contribution in [1.82, 2.24) is 0 Å². The number of hydrogen-bond acceptors (Lipinski definition) is 2. The number of carbonyl (C=O) groups is 1. The molecular weight excluding hydrogens is 408 g/mol. The fourth-order valence-corrected chi connectivity index (χ4v) is 10.5. The lowest BCUT2D eigenvalue weighted by atomic mass is 9.33. The lowest BCUT2D eigenvalue weighted by Gasteiger charge is -2.71. The first kappa shape index (κ1) is 23.9. The van der Waals surface area contributed by atoms with Gasteiger partial charge in [-0.3, -0.25) is 4.79 Å². The highest BCUT2D eigenvalue weighted by Crippen LogP contribution is 2.75. The summed E-state index contributed by atoms with van der Waals surface area (Å²) in [5.41, 5.74) is 1.94. The number of hydrogen-bond donors (Lipinski definition) is 2. The number of aliphatic carboxylic acids is 1. The quantitative estimate of drug-likeness (QED) is 0.409. The largest absolute Gasteiger partial charge is 0.481 e. The van der Waals surface area contributed by atoms with Crippen LogP contribution in [0.2, 0.25) is 0 Å². The standard InChI is InChI=1S/C30H48O3/c1-25(2)21-10-13-30(7)22(28(21,5)12-11-23(25)31)9-8-19-20-18-27(4,24(32)33)15-14-26(20,3)16-17-29(19,30)6/h8,20-23,31H,9-18H2,1-7H3,(H,32,33)/t20-,21+,22-,23+,26-,27+,28-,29+,30-/m1/s1. The van der Waals surface area contributed by atoms with E-state index in [1.807, 2.05) is 6.92 Å². The summed E-state index contributed by atoms with van der Waals surface area (Å²) in [5, 5.41) is 20.9. The molecule has 3 heteroatoms. The molecule has 0 aromatic carbocycles. The molecule has 0 bridgehead atoms. The molecule has 0 unspecified atom stereocenters. The van der Waals surface area contributed by atoms with Crippen molar-refractivity contribution in [2.45, 2.75) is 119 Å². The molecule has 9 atom stereocenters. The van der Waals surface area contributed by atoms with Crippen molar-refractivity contribution in [2.24, 2.45) is 50.2 Å². The van der Waals surface area contributed by atoms with Gasteiger partial charge in [-0.05, 0) is 116 Å². The second-order valence-corrected chi connectivity index (χ2v) is 14.9. The zero-order valence-electron chi connectivity index (χ0n) is 22.3. The third kappa shape index (κ3) is 2.87. The van der Waals surface area contributed by atoms with Crippen LogP contribution in [0.5, 0.6) is 0 Å². The Hall–Kier alpha value is -0.830. The second kappa shape index (κ2) is 6.89. The number of carboxylic acid groups (broad SMARTS) is 1. The van der Waals surface area contributed by atoms with Crippen molar-refractivity contribution in [3.63, 3.8) is 0 Å². The van der Waals surface area contributed by atoms with E-state index in [-0.39, 0.29) is 33.2 Å². The van der Waals surface area contributed by atoms with E-state index in [1.165, 1.54) is 25.7 Å². The van der Waals surface area contributed by atoms with Crippen molar-refractivity contribution in [3.8, 4) is 0 Å². The number of rotatable bonds is 1. The molecule has 5 rings (SSSR count). The summed E-state index contributed by atoms with van der Waals surface area (Å²) in [7, 11) is 0. The van der Waals surface area contributed by atoms with Crippen molar-refractivity contribution in [1.29, 1.82) is 0 Å². The van der Waals surface area contributed by atoms with Crippen molar-refractivity contribution in [3.05, 3.63) is 11.6 Å². The first-order valence-corrected chi connectivity index (χ1v) is 13.8. The van der Waals surface area contributed by atoms with Gasteiger partial charge in [0.25, 0.3) is 0 Å². The van der Waals surface area contributed by atoms with Gasteiger partial charge in [0.05, 0.1) is 11.5 Å². The summed E-state index contributed by atoms with van der Waals surface area (Å²) in [6, 6.07) is 0. The minimum atomic E-state index is -0.603. The highest BCUT2D eigenvalue weighted by atomic mass is 16.4. The van der Waals surface area contributed by atoms with E-state index < -0.39 is 11.4 Å². The number of carboxylic acids is 1. The van der Waals surface area contributed by atoms with Crippen LogP contribution >= 0.6 is 0 Å². The molecule has 0 heterocycles. The topological polar surface area (TPSA) is 57.5 Å². The van der Waals surface area contributed by atoms with Crippen molar-refractivity contribution < 1.29 is 15.0 Å². The second-order valence-electron chi connectivity index (χ2n) is 14.9. The van der Waals surface area contributed by atoms with Crippen LogP contribution in [0.3, 0.4) is 0 Å². The highest BCUT2D eigenvalue weighted by Gasteiger charge is 2.68. The maximum Gasteiger partial charge on any atom is 0.309 e. The molecule has 0 aliphatic heterocycles. The van der Waals surface area contributed by atoms with E-state index >= 15 is 0 Å². The summed E-state index contributed by atoms with van der Waals surface area (Å²) in [6.07, 6.45) is 13.2. The highest BCUT2D eigenvalue weighted by molar-refractivity contribution is 5.74. The normalized spacial score (nSPS) is 55.3. The molecule has 2 N–H and O–H groups in total. The van der Waals surface area contributed by atoms with Gasteiger partial charge in [-0.25, -0.2) is 0 Å². The SMILES string of the molecule is CC1(C)[C@@H](O)CC[C@@]2(C)[C@H]3CC=C4[C@H]5C[C@@](C)(C(=O)O)CC[C@]5(C)CC[C@]4(C)[C@]3(C)CC[C@@H]12. The Labute approximate surface area is 201 Å². The zero-order valence-corrected chi connectivity index (χ0v) is 22.3. The van der Waals surface area contributed by atoms with Crippen LogP contribution in [0.15, 0.2) is 11.6 Å². The Balaban J connectivity index is 1.57. The van der Waals surface area contributed by atoms with Crippen molar-refractivity contribution in [2.75, 3.05) is 0 Å². The fourth-order valence-electron chi connectivity index (χ4n) is 10.5. The Morgan fingerprint density at radius 2 is 1.55 bits per heavy atom. The van der Waals surface area contributed by atoms with Gasteiger partial charge < -0.3 is 10.2 Å². The third-order valence-electron chi connectivity index (χ3n) is 13.3. The van der Waals surface area contributed by atoms with Gasteiger partial charge in [-0.2, -0.15) is 0 Å². The molecule has 186 valence electrons. The number of fused-ring (bicyclic) bond motifs is 7. The van der Waals surface area contributed by atoms with E-state index in [4.69, 9.17) is 0 Å². The molecule has 0 spiro atoms. The van der Waals surface area contributed by atoms with Crippen LogP contribution in [0.4, 0.5) is 0 Å². The summed E-state index contributed by atoms with van der Waals surface area (Å²) >= 11 is 0. The van der Waals surface area contributed by atoms with E-state index in [2.05, 4.69) is 47.6 Å². The van der Waals surface area contributed by atoms with E-state index in [0.717, 1.165) is 38.5 Å². The van der Waals surface area contributed by atoms with Gasteiger partial charge in [0.15, 0.2) is 0 Å². The summed E-state index contributed by atoms with van der Waals surface area (Å²) in [6.45, 7) is 16.8. The predicted molar refractivity (Wildman–Crippen MR) is 133 cm³/mol. The first-order chi connectivity index (χ1) is 15.1. The summed E-state index contributed by atoms with van der Waals surface area (Å²) < 4.78 is 0. The molecule has 3 nitrogen and oxygen atoms in total. The molecule has 0 radical (unpaired) electrons. The van der Waals surface area contributed by atoms with Crippen LogP contribution in [-0.4, -0.2) is 22.3 Å². The lowest BCUT2D eigenvalue weighted by molar-refractivity contribution is -0.203. The molecule has 0 saturated heterocycles. The van der Waals surface area contributed by atoms with Gasteiger partial charge in [-0.15, -0.1) is 0 Å². The smallest absolute Gasteiger partial charge is 0.309 e. The number of aliphatic hydroxyl groups excluding tert-OH is 1. The Morgan fingerprint density at radius 1 is 0.879 bits per heavy atom. The van der Waals surface area contributed by atoms with Crippen LogP contribution in [-0.2, 0) is 4.79 Å². The van der Waals surface area contributed by atoms with Gasteiger partial charge in [0.1, 0.15) is 0 Å². The molecule has 4 saturated carbocycles. The van der Waals surface area contributed by atoms with Crippen LogP contribution in [0, 0.1) is 50.2 Å². The number of allylic oxidation sites excluding steroid dienone is 2. The van der Waals surface area contributed by atoms with Gasteiger partial charge >= 0.3 is 5.97 Å². The average Bonchev–Trinajstić information content (AvgIpc) is 2.73. The Morgan fingerprint density at radius 3 is 2.21 bits per heavy atom. The van der Waals surface area contributed by atoms with E-state index in [0.29, 0.717) is 17.8 Å². The summed E-state index contributed by atoms with van der Waals surface area (Å²) in [4.78, 5) is 12.2. The Kier molecular flexibility index (Phi) is 4.99. The number of aliphatic hydroxyl groups is 1. The van der Waals surface area contributed by atoms with Gasteiger partial charge in [0, 0.05) is 0 Å². The predicted octanol–water partition coefficient (Wildman–Crippen LogP) is 7.23. The van der Waals surface area contributed by atoms with Crippen LogP contribution in [0.25, 0.3) is 0 Å². The molecule has 4 fully saturated rings. The molecule has 5 aliphatic carbocycles. The maximum absolute atomic E-state index is 12.2. The van der Waals surface area contributed by atoms with Crippen LogP contribution < -0.4 is 0 Å². The monoisotopic (exact) mass is 456 g/mol. The molecule has 0 aromatic rings. The molecule has 33 heavy (non-hydrogen) atoms. The fraction of sp³-hybridized carbons (Fsp3) is 0.900. The summed E-state index contributed by atoms with van der Waals surface area (Å²) in [5.74, 6) is 1.01. The maximum atomic E-state index is 12.2. The van der Waals surface area contributed by atoms with E-state index in [9.17, 15) is 15.0 Å². The molecular formula is C30H48O3. The first-order valence-electron chi connectivity index (χ1n) is 13.8. The zero-order chi connectivity index (χ0) is 24.2. The lowest BCUT2D eigenvalue weighted by Crippen LogP contribution is -2.64.